The molecule has 0 radical (unpaired) electrons. The van der Waals surface area contributed by atoms with Crippen LogP contribution in [-0.2, 0) is 19.6 Å². The predicted molar refractivity (Wildman–Crippen MR) is 140 cm³/mol. The maximum Gasteiger partial charge on any atom is 1.00 e. The first-order valence-electron chi connectivity index (χ1n) is 13.1. The Morgan fingerprint density at radius 1 is 0.730 bits per heavy atom. The molecule has 0 atom stereocenters. The molecule has 0 amide bonds. The first-order chi connectivity index (χ1) is 17.3. The van der Waals surface area contributed by atoms with E-state index in [1.165, 1.54) is 57.5 Å². The summed E-state index contributed by atoms with van der Waals surface area (Å²) in [6.45, 7) is 4.34. The molecule has 1 rings (SSSR count). The molecule has 0 bridgehead atoms. The number of hydrogen-bond donors (Lipinski definition) is 0. The van der Waals surface area contributed by atoms with Crippen molar-refractivity contribution in [2.75, 3.05) is 0 Å². The number of ether oxygens (including phenoxy) is 2. The summed E-state index contributed by atoms with van der Waals surface area (Å²) in [5.74, 6) is -1.78. The van der Waals surface area contributed by atoms with Crippen LogP contribution in [0.4, 0.5) is 0 Å². The van der Waals surface area contributed by atoms with Crippen molar-refractivity contribution in [2.24, 2.45) is 0 Å². The zero-order valence-corrected chi connectivity index (χ0v) is 26.6. The first-order valence-corrected chi connectivity index (χ1v) is 14.5. The van der Waals surface area contributed by atoms with E-state index in [1.54, 1.807) is 12.2 Å². The second-order valence-electron chi connectivity index (χ2n) is 8.83. The SMILES string of the molecule is CCCCCCCC/C=C/OC(=O)c1ccc(S(=O)(=O)[O-])cc1C(=O)O/C=C/CCCCCCCC.[K+]. The van der Waals surface area contributed by atoms with Gasteiger partial charge in [-0.25, -0.2) is 18.0 Å². The summed E-state index contributed by atoms with van der Waals surface area (Å²) in [4.78, 5) is 24.5. The van der Waals surface area contributed by atoms with Gasteiger partial charge in [0.2, 0.25) is 0 Å². The summed E-state index contributed by atoms with van der Waals surface area (Å²) in [5.41, 5.74) is -0.522. The number of hydrogen-bond acceptors (Lipinski definition) is 7. The molecule has 0 saturated heterocycles. The van der Waals surface area contributed by atoms with Crippen molar-refractivity contribution in [1.29, 1.82) is 0 Å². The summed E-state index contributed by atoms with van der Waals surface area (Å²) in [6, 6.07) is 2.91. The molecule has 0 fully saturated rings. The second-order valence-corrected chi connectivity index (χ2v) is 10.2. The molecule has 0 aliphatic carbocycles. The Balaban J connectivity index is 0.0000130. The quantitative estimate of drug-likeness (QED) is 0.0809. The van der Waals surface area contributed by atoms with E-state index in [0.29, 0.717) is 0 Å². The van der Waals surface area contributed by atoms with Crippen LogP contribution in [0.3, 0.4) is 0 Å². The number of esters is 2. The molecule has 0 saturated carbocycles. The minimum absolute atomic E-state index is 0. The van der Waals surface area contributed by atoms with E-state index in [2.05, 4.69) is 13.8 Å². The predicted octanol–water partition coefficient (Wildman–Crippen LogP) is 4.44. The molecule has 1 aromatic carbocycles. The van der Waals surface area contributed by atoms with Gasteiger partial charge in [-0.3, -0.25) is 0 Å². The Labute approximate surface area is 265 Å². The van der Waals surface area contributed by atoms with Gasteiger partial charge in [0, 0.05) is 0 Å². The fraction of sp³-hybridized carbons (Fsp3) is 0.571. The van der Waals surface area contributed by atoms with Crippen LogP contribution in [-0.4, -0.2) is 24.9 Å². The van der Waals surface area contributed by atoms with Gasteiger partial charge in [0.25, 0.3) is 0 Å². The van der Waals surface area contributed by atoms with Gasteiger partial charge in [-0.05, 0) is 56.0 Å². The average molecular weight is 561 g/mol. The second kappa shape index (κ2) is 22.0. The van der Waals surface area contributed by atoms with Gasteiger partial charge >= 0.3 is 63.3 Å². The van der Waals surface area contributed by atoms with Gasteiger partial charge < -0.3 is 14.0 Å². The number of rotatable bonds is 19. The fourth-order valence-electron chi connectivity index (χ4n) is 3.59. The fourth-order valence-corrected chi connectivity index (χ4v) is 4.09. The van der Waals surface area contributed by atoms with E-state index < -0.39 is 27.0 Å². The molecular formula is C28H41KO7S. The van der Waals surface area contributed by atoms with Crippen molar-refractivity contribution in [2.45, 2.75) is 109 Å². The third-order valence-corrected chi connectivity index (χ3v) is 6.54. The maximum absolute atomic E-state index is 12.6. The third kappa shape index (κ3) is 16.7. The molecule has 9 heteroatoms. The monoisotopic (exact) mass is 560 g/mol. The summed E-state index contributed by atoms with van der Waals surface area (Å²) < 4.78 is 44.5. The molecule has 7 nitrogen and oxygen atoms in total. The molecular weight excluding hydrogens is 519 g/mol. The van der Waals surface area contributed by atoms with E-state index >= 15 is 0 Å². The smallest absolute Gasteiger partial charge is 0.744 e. The Hall–Kier alpha value is -0.814. The summed E-state index contributed by atoms with van der Waals surface area (Å²) >= 11 is 0. The Morgan fingerprint density at radius 3 is 1.62 bits per heavy atom. The molecule has 0 aliphatic rings. The molecule has 0 heterocycles. The van der Waals surface area contributed by atoms with Crippen molar-refractivity contribution in [3.63, 3.8) is 0 Å². The third-order valence-electron chi connectivity index (χ3n) is 5.71. The number of benzene rings is 1. The van der Waals surface area contributed by atoms with E-state index in [9.17, 15) is 22.6 Å². The molecule has 0 N–H and O–H groups in total. The van der Waals surface area contributed by atoms with Gasteiger partial charge in [0.05, 0.1) is 28.5 Å². The number of carbonyl (C=O) groups excluding carboxylic acids is 2. The standard InChI is InChI=1S/C28H42O7S.K/c1-3-5-7-9-11-13-15-17-21-34-27(29)25-20-19-24(36(31,32)33)23-26(25)28(30)35-22-18-16-14-12-10-8-6-4-2;/h17-23H,3-16H2,1-2H3,(H,31,32,33);/q;+1/p-1/b21-17+,22-18+;. The summed E-state index contributed by atoms with van der Waals surface area (Å²) in [6.07, 6.45) is 21.2. The minimum atomic E-state index is -4.82. The number of unbranched alkanes of at least 4 members (excludes halogenated alkanes) is 12. The van der Waals surface area contributed by atoms with Crippen LogP contribution in [0, 0.1) is 0 Å². The van der Waals surface area contributed by atoms with Crippen LogP contribution >= 0.6 is 0 Å². The van der Waals surface area contributed by atoms with Crippen molar-refractivity contribution < 1.29 is 83.4 Å². The van der Waals surface area contributed by atoms with Crippen molar-refractivity contribution in [1.82, 2.24) is 0 Å². The van der Waals surface area contributed by atoms with Crippen molar-refractivity contribution in [3.05, 3.63) is 54.0 Å². The number of carbonyl (C=O) groups is 2. The van der Waals surface area contributed by atoms with Crippen LogP contribution < -0.4 is 51.4 Å². The molecule has 1 aromatic rings. The van der Waals surface area contributed by atoms with Gasteiger partial charge in [0.1, 0.15) is 10.1 Å². The van der Waals surface area contributed by atoms with Gasteiger partial charge in [0.15, 0.2) is 0 Å². The molecule has 0 aromatic heterocycles. The van der Waals surface area contributed by atoms with Crippen LogP contribution in [0.5, 0.6) is 0 Å². The zero-order valence-electron chi connectivity index (χ0n) is 22.7. The van der Waals surface area contributed by atoms with E-state index in [-0.39, 0.29) is 62.5 Å². The van der Waals surface area contributed by atoms with E-state index in [0.717, 1.165) is 63.1 Å². The average Bonchev–Trinajstić information content (AvgIpc) is 2.85. The molecule has 202 valence electrons. The Bertz CT molecular complexity index is 955. The summed E-state index contributed by atoms with van der Waals surface area (Å²) in [7, 11) is -4.82. The van der Waals surface area contributed by atoms with Gasteiger partial charge in [-0.15, -0.1) is 0 Å². The zero-order chi connectivity index (χ0) is 26.7. The minimum Gasteiger partial charge on any atom is -0.744 e. The van der Waals surface area contributed by atoms with E-state index in [1.807, 2.05) is 0 Å². The Morgan fingerprint density at radius 2 is 1.16 bits per heavy atom. The van der Waals surface area contributed by atoms with Crippen LogP contribution in [0.1, 0.15) is 124 Å². The van der Waals surface area contributed by atoms with Crippen molar-refractivity contribution in [3.8, 4) is 0 Å². The topological polar surface area (TPSA) is 110 Å². The molecule has 0 aliphatic heterocycles. The Kier molecular flexibility index (Phi) is 21.6. The normalized spacial score (nSPS) is 11.5. The van der Waals surface area contributed by atoms with Gasteiger partial charge in [-0.2, -0.15) is 0 Å². The van der Waals surface area contributed by atoms with Crippen molar-refractivity contribution >= 4 is 22.1 Å². The van der Waals surface area contributed by atoms with Crippen LogP contribution in [0.25, 0.3) is 0 Å². The molecule has 0 spiro atoms. The van der Waals surface area contributed by atoms with E-state index in [4.69, 9.17) is 9.47 Å². The largest absolute Gasteiger partial charge is 1.00 e. The molecule has 0 unspecified atom stereocenters. The molecule has 37 heavy (non-hydrogen) atoms. The summed E-state index contributed by atoms with van der Waals surface area (Å²) in [5, 5.41) is 0. The van der Waals surface area contributed by atoms with Gasteiger partial charge in [-0.1, -0.05) is 78.1 Å². The van der Waals surface area contributed by atoms with Crippen LogP contribution in [0.15, 0.2) is 47.8 Å². The first kappa shape index (κ1) is 36.2. The van der Waals surface area contributed by atoms with Crippen LogP contribution in [0.2, 0.25) is 0 Å². The number of allylic oxidation sites excluding steroid dienone is 2. The maximum atomic E-state index is 12.6.